The normalized spacial score (nSPS) is 25.1. The van der Waals surface area contributed by atoms with Crippen LogP contribution in [0.1, 0.15) is 29.9 Å². The highest BCUT2D eigenvalue weighted by molar-refractivity contribution is 5.86. The van der Waals surface area contributed by atoms with Gasteiger partial charge in [0.05, 0.1) is 30.9 Å². The molecule has 1 spiro atoms. The van der Waals surface area contributed by atoms with E-state index in [1.807, 2.05) is 30.6 Å². The lowest BCUT2D eigenvalue weighted by molar-refractivity contribution is -0.259. The Bertz CT molecular complexity index is 1280. The Labute approximate surface area is 217 Å². The molecule has 2 aromatic carbocycles. The average molecular weight is 534 g/mol. The maximum absolute atomic E-state index is 13.7. The van der Waals surface area contributed by atoms with Gasteiger partial charge in [-0.05, 0) is 65.5 Å². The van der Waals surface area contributed by atoms with Gasteiger partial charge in [0, 0.05) is 31.3 Å². The number of hydrogen-bond acceptors (Lipinski definition) is 8. The van der Waals surface area contributed by atoms with Crippen LogP contribution in [0.25, 0.3) is 5.57 Å². The van der Waals surface area contributed by atoms with Crippen LogP contribution in [-0.2, 0) is 14.3 Å². The Morgan fingerprint density at radius 2 is 1.95 bits per heavy atom. The molecule has 8 nitrogen and oxygen atoms in total. The molecular formula is C26H27F4N5O3. The Balaban J connectivity index is 1.57. The predicted octanol–water partition coefficient (Wildman–Crippen LogP) is 4.42. The topological polar surface area (TPSA) is 69.6 Å². The van der Waals surface area contributed by atoms with Crippen LogP contribution in [0.3, 0.4) is 0 Å². The van der Waals surface area contributed by atoms with Crippen molar-refractivity contribution in [1.29, 1.82) is 0 Å². The minimum absolute atomic E-state index is 0.0229. The van der Waals surface area contributed by atoms with Crippen molar-refractivity contribution in [2.45, 2.75) is 30.7 Å². The van der Waals surface area contributed by atoms with Crippen LogP contribution in [0.15, 0.2) is 53.6 Å². The zero-order valence-electron chi connectivity index (χ0n) is 21.0. The number of esters is 1. The summed E-state index contributed by atoms with van der Waals surface area (Å²) in [5.74, 6) is -1.67. The number of anilines is 2. The van der Waals surface area contributed by atoms with Crippen LogP contribution >= 0.6 is 0 Å². The van der Waals surface area contributed by atoms with Crippen LogP contribution in [0.2, 0.25) is 0 Å². The Morgan fingerprint density at radius 3 is 2.61 bits per heavy atom. The summed E-state index contributed by atoms with van der Waals surface area (Å²) in [6, 6.07) is 11.0. The smallest absolute Gasteiger partial charge is 0.469 e. The van der Waals surface area contributed by atoms with Crippen molar-refractivity contribution in [2.24, 2.45) is 11.0 Å². The van der Waals surface area contributed by atoms with Crippen LogP contribution in [-0.4, -0.2) is 57.1 Å². The molecule has 1 fully saturated rings. The van der Waals surface area contributed by atoms with E-state index in [9.17, 15) is 22.4 Å². The van der Waals surface area contributed by atoms with Crippen molar-refractivity contribution in [3.8, 4) is 0 Å². The third kappa shape index (κ3) is 4.47. The average Bonchev–Trinajstić information content (AvgIpc) is 3.63. The molecule has 1 saturated carbocycles. The summed E-state index contributed by atoms with van der Waals surface area (Å²) in [5, 5.41) is 4.40. The molecule has 0 aromatic heterocycles. The molecule has 202 valence electrons. The molecule has 2 aromatic rings. The maximum atomic E-state index is 13.7. The Morgan fingerprint density at radius 1 is 1.21 bits per heavy atom. The minimum atomic E-state index is -4.70. The molecule has 0 radical (unpaired) electrons. The monoisotopic (exact) mass is 533 g/mol. The van der Waals surface area contributed by atoms with Gasteiger partial charge in [0.1, 0.15) is 12.2 Å². The number of ether oxygens (including phenoxy) is 2. The van der Waals surface area contributed by atoms with Gasteiger partial charge in [-0.3, -0.25) is 4.79 Å². The van der Waals surface area contributed by atoms with Crippen LogP contribution in [0, 0.1) is 11.7 Å². The number of nitrogens with one attached hydrogen (secondary N) is 1. The zero-order chi connectivity index (χ0) is 27.2. The molecule has 3 atom stereocenters. The number of alkyl halides is 3. The van der Waals surface area contributed by atoms with E-state index in [0.29, 0.717) is 18.4 Å². The number of methoxy groups -OCH3 is 1. The number of carbonyl (C=O) groups excluding carboxylic acids is 1. The molecule has 2 aliphatic heterocycles. The molecule has 1 N–H and O–H groups in total. The zero-order valence-corrected chi connectivity index (χ0v) is 21.0. The third-order valence-corrected chi connectivity index (χ3v) is 7.27. The fourth-order valence-electron chi connectivity index (χ4n) is 5.61. The van der Waals surface area contributed by atoms with Crippen molar-refractivity contribution in [3.63, 3.8) is 0 Å². The van der Waals surface area contributed by atoms with E-state index < -0.39 is 23.7 Å². The van der Waals surface area contributed by atoms with E-state index in [1.165, 1.54) is 19.2 Å². The van der Waals surface area contributed by atoms with Crippen molar-refractivity contribution in [3.05, 3.63) is 65.5 Å². The van der Waals surface area contributed by atoms with Gasteiger partial charge < -0.3 is 14.4 Å². The second-order valence-corrected chi connectivity index (χ2v) is 9.68. The van der Waals surface area contributed by atoms with Gasteiger partial charge in [-0.2, -0.15) is 18.3 Å². The quantitative estimate of drug-likeness (QED) is 0.347. The SMILES string of the molecule is COC(=O)C1CC[C@@]2(C=C(c3cc(N4C=NNN4C(F)(F)F)ccc3N(C)C)CO2)[C@@H]1c1ccc(F)cc1. The number of nitrogens with zero attached hydrogens (tertiary/aromatic N) is 4. The number of rotatable bonds is 5. The van der Waals surface area contributed by atoms with Gasteiger partial charge in [0.15, 0.2) is 0 Å². The summed E-state index contributed by atoms with van der Waals surface area (Å²) < 4.78 is 65.7. The van der Waals surface area contributed by atoms with Gasteiger partial charge in [0.25, 0.3) is 0 Å². The van der Waals surface area contributed by atoms with E-state index in [0.717, 1.165) is 28.2 Å². The molecular weight excluding hydrogens is 506 g/mol. The molecule has 0 bridgehead atoms. The standard InChI is InChI=1S/C26H27F4N5O3/c1-33(2)22-9-8-19(34-15-31-32-35(34)26(28,29)30)12-21(22)17-13-25(38-14-17)11-10-20(24(36)37-3)23(25)16-4-6-18(27)7-5-16/h4-9,12-13,15,20,23,32H,10-11,14H2,1-3H3/t20?,23-,25-/m1/s1. The fourth-order valence-corrected chi connectivity index (χ4v) is 5.61. The van der Waals surface area contributed by atoms with Gasteiger partial charge in [-0.15, -0.1) is 0 Å². The minimum Gasteiger partial charge on any atom is -0.469 e. The van der Waals surface area contributed by atoms with Crippen molar-refractivity contribution in [2.75, 3.05) is 37.7 Å². The lowest BCUT2D eigenvalue weighted by Crippen LogP contribution is -2.52. The van der Waals surface area contributed by atoms with Crippen LogP contribution in [0.5, 0.6) is 0 Å². The third-order valence-electron chi connectivity index (χ3n) is 7.27. The lowest BCUT2D eigenvalue weighted by Gasteiger charge is -2.31. The van der Waals surface area contributed by atoms with E-state index in [4.69, 9.17) is 9.47 Å². The molecule has 0 saturated heterocycles. The second kappa shape index (κ2) is 9.59. The highest BCUT2D eigenvalue weighted by Crippen LogP contribution is 2.54. The first-order valence-electron chi connectivity index (χ1n) is 12.0. The molecule has 38 heavy (non-hydrogen) atoms. The van der Waals surface area contributed by atoms with Crippen molar-refractivity contribution >= 4 is 29.3 Å². The van der Waals surface area contributed by atoms with Gasteiger partial charge in [-0.25, -0.2) is 14.9 Å². The number of benzene rings is 2. The van der Waals surface area contributed by atoms with E-state index in [2.05, 4.69) is 5.10 Å². The first kappa shape index (κ1) is 26.0. The first-order valence-corrected chi connectivity index (χ1v) is 12.0. The van der Waals surface area contributed by atoms with Crippen molar-refractivity contribution in [1.82, 2.24) is 10.7 Å². The largest absolute Gasteiger partial charge is 0.497 e. The Kier molecular flexibility index (Phi) is 6.56. The summed E-state index contributed by atoms with van der Waals surface area (Å²) in [4.78, 5) is 14.6. The lowest BCUT2D eigenvalue weighted by atomic mass is 9.79. The second-order valence-electron chi connectivity index (χ2n) is 9.68. The van der Waals surface area contributed by atoms with Crippen LogP contribution < -0.4 is 15.4 Å². The number of hydrogen-bond donors (Lipinski definition) is 1. The van der Waals surface area contributed by atoms with Gasteiger partial charge in [-0.1, -0.05) is 12.1 Å². The maximum Gasteiger partial charge on any atom is 0.497 e. The van der Waals surface area contributed by atoms with Gasteiger partial charge in [0.2, 0.25) is 0 Å². The molecule has 0 amide bonds. The van der Waals surface area contributed by atoms with E-state index in [-0.39, 0.29) is 29.2 Å². The summed E-state index contributed by atoms with van der Waals surface area (Å²) in [6.45, 7) is 0.186. The number of halogens is 4. The van der Waals surface area contributed by atoms with E-state index >= 15 is 0 Å². The molecule has 3 aliphatic rings. The summed E-state index contributed by atoms with van der Waals surface area (Å²) in [5.41, 5.74) is 4.32. The summed E-state index contributed by atoms with van der Waals surface area (Å²) >= 11 is 0. The first-order chi connectivity index (χ1) is 18.0. The number of hydrazone groups is 1. The summed E-state index contributed by atoms with van der Waals surface area (Å²) in [6.07, 6.45) is -0.652. The van der Waals surface area contributed by atoms with E-state index in [1.54, 1.807) is 30.3 Å². The number of hydrazine groups is 2. The number of carbonyl (C=O) groups is 1. The molecule has 1 aliphatic carbocycles. The molecule has 2 heterocycles. The highest BCUT2D eigenvalue weighted by atomic mass is 19.4. The van der Waals surface area contributed by atoms with Gasteiger partial charge >= 0.3 is 12.3 Å². The molecule has 5 rings (SSSR count). The molecule has 12 heteroatoms. The molecule has 1 unspecified atom stereocenters. The predicted molar refractivity (Wildman–Crippen MR) is 133 cm³/mol. The highest BCUT2D eigenvalue weighted by Gasteiger charge is 2.54. The van der Waals surface area contributed by atoms with Crippen LogP contribution in [0.4, 0.5) is 28.9 Å². The fraction of sp³-hybridized carbons (Fsp3) is 0.385. The van der Waals surface area contributed by atoms with Crippen molar-refractivity contribution < 1.29 is 31.8 Å². The summed E-state index contributed by atoms with van der Waals surface area (Å²) in [7, 11) is 5.02. The Hall–Kier alpha value is -3.64.